The van der Waals surface area contributed by atoms with E-state index in [1.54, 1.807) is 24.3 Å². The molecule has 0 aliphatic heterocycles. The fourth-order valence-corrected chi connectivity index (χ4v) is 2.46. The topological polar surface area (TPSA) is 66.4 Å². The number of carbonyl (C=O) groups excluding carboxylic acids is 1. The van der Waals surface area contributed by atoms with E-state index in [2.05, 4.69) is 5.32 Å². The summed E-state index contributed by atoms with van der Waals surface area (Å²) < 4.78 is 13.6. The van der Waals surface area contributed by atoms with Crippen LogP contribution in [0.15, 0.2) is 47.4 Å². The van der Waals surface area contributed by atoms with Crippen LogP contribution in [0.5, 0.6) is 0 Å². The summed E-state index contributed by atoms with van der Waals surface area (Å²) in [5.74, 6) is -2.80. The molecule has 0 aromatic heterocycles. The second kappa shape index (κ2) is 6.41. The van der Waals surface area contributed by atoms with E-state index in [0.717, 1.165) is 11.0 Å². The minimum atomic E-state index is -1.43. The Kier molecular flexibility index (Phi) is 4.59. The van der Waals surface area contributed by atoms with Crippen LogP contribution in [0.25, 0.3) is 0 Å². The highest BCUT2D eigenvalue weighted by Gasteiger charge is 2.18. The molecule has 0 aliphatic carbocycles. The first-order valence-electron chi connectivity index (χ1n) is 6.00. The van der Waals surface area contributed by atoms with Crippen molar-refractivity contribution in [3.63, 3.8) is 0 Å². The Morgan fingerprint density at radius 3 is 2.52 bits per heavy atom. The first kappa shape index (κ1) is 15.1. The van der Waals surface area contributed by atoms with E-state index in [9.17, 15) is 14.0 Å². The summed E-state index contributed by atoms with van der Waals surface area (Å²) in [6.07, 6.45) is 1.83. The molecule has 0 spiro atoms. The average molecular weight is 305 g/mol. The lowest BCUT2D eigenvalue weighted by Crippen LogP contribution is -2.16. The normalized spacial score (nSPS) is 10.2. The van der Waals surface area contributed by atoms with Crippen molar-refractivity contribution in [3.05, 3.63) is 59.4 Å². The van der Waals surface area contributed by atoms with Gasteiger partial charge in [-0.05, 0) is 30.5 Å². The molecule has 0 saturated heterocycles. The second-order valence-electron chi connectivity index (χ2n) is 4.12. The van der Waals surface area contributed by atoms with Gasteiger partial charge < -0.3 is 10.4 Å². The molecule has 0 aliphatic rings. The van der Waals surface area contributed by atoms with Crippen molar-refractivity contribution < 1.29 is 19.1 Å². The number of aromatic carboxylic acids is 1. The number of rotatable bonds is 4. The van der Waals surface area contributed by atoms with Crippen LogP contribution in [-0.4, -0.2) is 23.2 Å². The molecular formula is C15H12FNO3S. The highest BCUT2D eigenvalue weighted by atomic mass is 32.2. The van der Waals surface area contributed by atoms with E-state index in [-0.39, 0.29) is 5.69 Å². The molecule has 0 unspecified atom stereocenters. The fraction of sp³-hybridized carbons (Fsp3) is 0.0667. The maximum atomic E-state index is 13.6. The van der Waals surface area contributed by atoms with Gasteiger partial charge in [0.15, 0.2) is 0 Å². The van der Waals surface area contributed by atoms with Crippen LogP contribution >= 0.6 is 11.8 Å². The van der Waals surface area contributed by atoms with Crippen molar-refractivity contribution in [1.29, 1.82) is 0 Å². The Balaban J connectivity index is 2.37. The zero-order valence-corrected chi connectivity index (χ0v) is 11.9. The van der Waals surface area contributed by atoms with Crippen LogP contribution in [-0.2, 0) is 0 Å². The van der Waals surface area contributed by atoms with Gasteiger partial charge in [-0.1, -0.05) is 18.2 Å². The quantitative estimate of drug-likeness (QED) is 0.848. The number of anilines is 1. The molecule has 0 saturated carbocycles. The number of carboxylic acids is 1. The molecule has 108 valence electrons. The largest absolute Gasteiger partial charge is 0.478 e. The van der Waals surface area contributed by atoms with Crippen molar-refractivity contribution in [2.75, 3.05) is 11.6 Å². The molecule has 0 bridgehead atoms. The minimum absolute atomic E-state index is 0.0663. The third kappa shape index (κ3) is 3.22. The van der Waals surface area contributed by atoms with Crippen LogP contribution in [0.1, 0.15) is 20.7 Å². The SMILES string of the molecule is CSc1ccccc1C(=O)Nc1cccc(F)c1C(=O)O. The van der Waals surface area contributed by atoms with E-state index in [4.69, 9.17) is 5.11 Å². The lowest BCUT2D eigenvalue weighted by molar-refractivity contribution is 0.0693. The fourth-order valence-electron chi connectivity index (χ4n) is 1.87. The number of benzene rings is 2. The number of hydrogen-bond donors (Lipinski definition) is 2. The monoisotopic (exact) mass is 305 g/mol. The summed E-state index contributed by atoms with van der Waals surface area (Å²) in [6, 6.07) is 10.6. The molecule has 0 atom stereocenters. The van der Waals surface area contributed by atoms with Gasteiger partial charge in [0.25, 0.3) is 5.91 Å². The Labute approximate surface area is 125 Å². The number of carboxylic acid groups (broad SMARTS) is 1. The van der Waals surface area contributed by atoms with Crippen LogP contribution in [0.4, 0.5) is 10.1 Å². The van der Waals surface area contributed by atoms with Crippen molar-refractivity contribution in [3.8, 4) is 0 Å². The molecule has 0 heterocycles. The molecule has 0 fully saturated rings. The number of carbonyl (C=O) groups is 2. The van der Waals surface area contributed by atoms with Gasteiger partial charge >= 0.3 is 5.97 Å². The number of thioether (sulfide) groups is 1. The Morgan fingerprint density at radius 2 is 1.86 bits per heavy atom. The number of halogens is 1. The number of nitrogens with one attached hydrogen (secondary N) is 1. The van der Waals surface area contributed by atoms with Gasteiger partial charge in [0.1, 0.15) is 11.4 Å². The minimum Gasteiger partial charge on any atom is -0.478 e. The van der Waals surface area contributed by atoms with Gasteiger partial charge in [0.2, 0.25) is 0 Å². The van der Waals surface area contributed by atoms with Gasteiger partial charge in [-0.15, -0.1) is 11.8 Å². The molecular weight excluding hydrogens is 293 g/mol. The van der Waals surface area contributed by atoms with E-state index >= 15 is 0 Å². The molecule has 2 aromatic carbocycles. The highest BCUT2D eigenvalue weighted by Crippen LogP contribution is 2.23. The average Bonchev–Trinajstić information content (AvgIpc) is 2.46. The maximum absolute atomic E-state index is 13.6. The van der Waals surface area contributed by atoms with E-state index in [1.165, 1.54) is 23.9 Å². The van der Waals surface area contributed by atoms with Gasteiger partial charge in [-0.2, -0.15) is 0 Å². The van der Waals surface area contributed by atoms with Crippen molar-refractivity contribution in [2.45, 2.75) is 4.90 Å². The third-order valence-corrected chi connectivity index (χ3v) is 3.62. The maximum Gasteiger partial charge on any atom is 0.340 e. The molecule has 6 heteroatoms. The first-order chi connectivity index (χ1) is 10.0. The summed E-state index contributed by atoms with van der Waals surface area (Å²) in [5, 5.41) is 11.5. The molecule has 21 heavy (non-hydrogen) atoms. The predicted molar refractivity (Wildman–Crippen MR) is 79.5 cm³/mol. The van der Waals surface area contributed by atoms with Crippen LogP contribution in [0.3, 0.4) is 0 Å². The molecule has 2 aromatic rings. The standard InChI is InChI=1S/C15H12FNO3S/c1-21-12-8-3-2-5-9(12)14(18)17-11-7-4-6-10(16)13(11)15(19)20/h2-8H,1H3,(H,17,18)(H,19,20). The van der Waals surface area contributed by atoms with Gasteiger partial charge in [0.05, 0.1) is 11.3 Å². The lowest BCUT2D eigenvalue weighted by Gasteiger charge is -2.11. The van der Waals surface area contributed by atoms with Crippen molar-refractivity contribution >= 4 is 29.3 Å². The zero-order valence-electron chi connectivity index (χ0n) is 11.1. The van der Waals surface area contributed by atoms with Gasteiger partial charge in [-0.25, -0.2) is 9.18 Å². The zero-order chi connectivity index (χ0) is 15.4. The summed E-state index contributed by atoms with van der Waals surface area (Å²) in [4.78, 5) is 24.1. The molecule has 2 N–H and O–H groups in total. The van der Waals surface area contributed by atoms with E-state index in [0.29, 0.717) is 5.56 Å². The highest BCUT2D eigenvalue weighted by molar-refractivity contribution is 7.98. The smallest absolute Gasteiger partial charge is 0.340 e. The third-order valence-electron chi connectivity index (χ3n) is 2.83. The molecule has 2 rings (SSSR count). The van der Waals surface area contributed by atoms with E-state index in [1.807, 2.05) is 6.26 Å². The Hall–Kier alpha value is -2.34. The summed E-state index contributed by atoms with van der Waals surface area (Å²) in [5.41, 5.74) is -0.207. The molecule has 1 amide bonds. The predicted octanol–water partition coefficient (Wildman–Crippen LogP) is 3.50. The Morgan fingerprint density at radius 1 is 1.14 bits per heavy atom. The van der Waals surface area contributed by atoms with Crippen LogP contribution < -0.4 is 5.32 Å². The van der Waals surface area contributed by atoms with Gasteiger partial charge in [-0.3, -0.25) is 4.79 Å². The van der Waals surface area contributed by atoms with Crippen LogP contribution in [0, 0.1) is 5.82 Å². The van der Waals surface area contributed by atoms with E-state index < -0.39 is 23.3 Å². The Bertz CT molecular complexity index is 703. The van der Waals surface area contributed by atoms with Crippen molar-refractivity contribution in [1.82, 2.24) is 0 Å². The summed E-state index contributed by atoms with van der Waals surface area (Å²) in [7, 11) is 0. The number of amides is 1. The van der Waals surface area contributed by atoms with Crippen LogP contribution in [0.2, 0.25) is 0 Å². The molecule has 4 nitrogen and oxygen atoms in total. The lowest BCUT2D eigenvalue weighted by atomic mass is 10.1. The second-order valence-corrected chi connectivity index (χ2v) is 4.97. The van der Waals surface area contributed by atoms with Gasteiger partial charge in [0, 0.05) is 4.90 Å². The first-order valence-corrected chi connectivity index (χ1v) is 7.23. The number of hydrogen-bond acceptors (Lipinski definition) is 3. The summed E-state index contributed by atoms with van der Waals surface area (Å²) >= 11 is 1.40. The molecule has 0 radical (unpaired) electrons. The van der Waals surface area contributed by atoms with Crippen molar-refractivity contribution in [2.24, 2.45) is 0 Å². The summed E-state index contributed by atoms with van der Waals surface area (Å²) in [6.45, 7) is 0.